The Morgan fingerprint density at radius 1 is 1.26 bits per heavy atom. The molecule has 9 heteroatoms. The summed E-state index contributed by atoms with van der Waals surface area (Å²) in [7, 11) is 3.47. The van der Waals surface area contributed by atoms with Gasteiger partial charge in [0.2, 0.25) is 5.91 Å². The Kier molecular flexibility index (Phi) is 13.5. The van der Waals surface area contributed by atoms with Crippen LogP contribution in [0.15, 0.2) is 29.3 Å². The van der Waals surface area contributed by atoms with Gasteiger partial charge in [0.25, 0.3) is 0 Å². The number of amides is 1. The Morgan fingerprint density at radius 3 is 2.65 bits per heavy atom. The van der Waals surface area contributed by atoms with E-state index < -0.39 is 0 Å². The van der Waals surface area contributed by atoms with Gasteiger partial charge in [-0.15, -0.1) is 24.0 Å². The van der Waals surface area contributed by atoms with Gasteiger partial charge >= 0.3 is 0 Å². The molecule has 2 rings (SSSR count). The van der Waals surface area contributed by atoms with Crippen LogP contribution >= 0.6 is 24.0 Å². The molecule has 1 aliphatic rings. The van der Waals surface area contributed by atoms with Gasteiger partial charge in [-0.25, -0.2) is 4.99 Å². The van der Waals surface area contributed by atoms with Crippen LogP contribution in [0.4, 0.5) is 0 Å². The lowest BCUT2D eigenvalue weighted by molar-refractivity contribution is -0.127. The highest BCUT2D eigenvalue weighted by molar-refractivity contribution is 14.0. The normalized spacial score (nSPS) is 15.5. The Bertz CT molecular complexity index is 681. The van der Waals surface area contributed by atoms with Gasteiger partial charge in [-0.05, 0) is 38.4 Å². The van der Waals surface area contributed by atoms with E-state index in [2.05, 4.69) is 20.5 Å². The SMILES string of the molecule is Cc1ccccc1OC(C)CNC(=NCC(=O)N(C)C)NCCCN1CCOCC1.I. The molecule has 0 aromatic heterocycles. The highest BCUT2D eigenvalue weighted by Crippen LogP contribution is 2.17. The number of nitrogens with zero attached hydrogens (tertiary/aromatic N) is 3. The minimum absolute atomic E-state index is 0. The first kappa shape index (κ1) is 27.4. The Balaban J connectivity index is 0.00000480. The van der Waals surface area contributed by atoms with Crippen molar-refractivity contribution in [2.75, 3.05) is 66.6 Å². The molecule has 2 N–H and O–H groups in total. The smallest absolute Gasteiger partial charge is 0.243 e. The number of rotatable bonds is 10. The third-order valence-electron chi connectivity index (χ3n) is 4.90. The first-order valence-corrected chi connectivity index (χ1v) is 10.7. The van der Waals surface area contributed by atoms with Crippen molar-refractivity contribution in [3.05, 3.63) is 29.8 Å². The van der Waals surface area contributed by atoms with E-state index in [9.17, 15) is 4.79 Å². The van der Waals surface area contributed by atoms with Crippen molar-refractivity contribution in [2.45, 2.75) is 26.4 Å². The fraction of sp³-hybridized carbons (Fsp3) is 0.636. The zero-order valence-electron chi connectivity index (χ0n) is 19.2. The maximum atomic E-state index is 11.9. The number of halogens is 1. The van der Waals surface area contributed by atoms with Gasteiger partial charge in [-0.1, -0.05) is 18.2 Å². The second-order valence-corrected chi connectivity index (χ2v) is 7.76. The average Bonchev–Trinajstić information content (AvgIpc) is 2.74. The minimum atomic E-state index is -0.0454. The summed E-state index contributed by atoms with van der Waals surface area (Å²) in [6.45, 7) is 10.2. The molecule has 1 aliphatic heterocycles. The van der Waals surface area contributed by atoms with Gasteiger partial charge in [0.15, 0.2) is 5.96 Å². The van der Waals surface area contributed by atoms with Crippen molar-refractivity contribution in [1.29, 1.82) is 0 Å². The summed E-state index contributed by atoms with van der Waals surface area (Å²) < 4.78 is 11.4. The molecule has 31 heavy (non-hydrogen) atoms. The minimum Gasteiger partial charge on any atom is -0.489 e. The number of para-hydroxylation sites is 1. The Labute approximate surface area is 203 Å². The number of carbonyl (C=O) groups excluding carboxylic acids is 1. The molecule has 1 aromatic rings. The summed E-state index contributed by atoms with van der Waals surface area (Å²) in [6.07, 6.45) is 0.952. The quantitative estimate of drug-likeness (QED) is 0.201. The largest absolute Gasteiger partial charge is 0.489 e. The van der Waals surface area contributed by atoms with Crippen LogP contribution in [0.3, 0.4) is 0 Å². The molecule has 1 saturated heterocycles. The van der Waals surface area contributed by atoms with E-state index >= 15 is 0 Å². The van der Waals surface area contributed by atoms with Gasteiger partial charge in [-0.3, -0.25) is 9.69 Å². The summed E-state index contributed by atoms with van der Waals surface area (Å²) in [4.78, 5) is 20.3. The van der Waals surface area contributed by atoms with E-state index in [4.69, 9.17) is 9.47 Å². The number of hydrogen-bond acceptors (Lipinski definition) is 5. The van der Waals surface area contributed by atoms with E-state index in [0.717, 1.165) is 57.1 Å². The lowest BCUT2D eigenvalue weighted by Gasteiger charge is -2.26. The summed E-state index contributed by atoms with van der Waals surface area (Å²) in [5.74, 6) is 1.48. The van der Waals surface area contributed by atoms with Crippen molar-refractivity contribution in [3.8, 4) is 5.75 Å². The molecule has 0 radical (unpaired) electrons. The van der Waals surface area contributed by atoms with Crippen LogP contribution in [0.5, 0.6) is 5.75 Å². The number of carbonyl (C=O) groups is 1. The highest BCUT2D eigenvalue weighted by atomic mass is 127. The van der Waals surface area contributed by atoms with Gasteiger partial charge in [-0.2, -0.15) is 0 Å². The summed E-state index contributed by atoms with van der Waals surface area (Å²) in [5.41, 5.74) is 1.11. The summed E-state index contributed by atoms with van der Waals surface area (Å²) in [5, 5.41) is 6.64. The first-order valence-electron chi connectivity index (χ1n) is 10.7. The maximum absolute atomic E-state index is 11.9. The molecule has 8 nitrogen and oxygen atoms in total. The van der Waals surface area contributed by atoms with E-state index in [0.29, 0.717) is 12.5 Å². The van der Waals surface area contributed by atoms with Gasteiger partial charge in [0, 0.05) is 33.7 Å². The fourth-order valence-corrected chi connectivity index (χ4v) is 2.98. The predicted molar refractivity (Wildman–Crippen MR) is 136 cm³/mol. The molecule has 1 heterocycles. The second-order valence-electron chi connectivity index (χ2n) is 7.76. The Hall–Kier alpha value is -1.59. The number of aryl methyl sites for hydroxylation is 1. The van der Waals surface area contributed by atoms with Crippen LogP contribution in [0, 0.1) is 6.92 Å². The average molecular weight is 547 g/mol. The molecule has 176 valence electrons. The standard InChI is InChI=1S/C22H37N5O3.HI/c1-18-8-5-6-9-20(18)30-19(2)16-24-22(25-17-21(28)26(3)4)23-10-7-11-27-12-14-29-15-13-27;/h5-6,8-9,19H,7,10-17H2,1-4H3,(H2,23,24,25);1H. The molecular weight excluding hydrogens is 509 g/mol. The highest BCUT2D eigenvalue weighted by Gasteiger charge is 2.11. The topological polar surface area (TPSA) is 78.4 Å². The third kappa shape index (κ3) is 11.0. The molecule has 0 aliphatic carbocycles. The molecule has 1 aromatic carbocycles. The number of aliphatic imine (C=N–C) groups is 1. The zero-order chi connectivity index (χ0) is 21.8. The first-order chi connectivity index (χ1) is 14.5. The van der Waals surface area contributed by atoms with Crippen LogP contribution in [0.1, 0.15) is 18.9 Å². The van der Waals surface area contributed by atoms with Crippen LogP contribution in [-0.4, -0.2) is 94.3 Å². The van der Waals surface area contributed by atoms with Crippen molar-refractivity contribution >= 4 is 35.8 Å². The molecule has 0 saturated carbocycles. The van der Waals surface area contributed by atoms with Crippen molar-refractivity contribution in [2.24, 2.45) is 4.99 Å². The predicted octanol–water partition coefficient (Wildman–Crippen LogP) is 1.73. The number of morpholine rings is 1. The van der Waals surface area contributed by atoms with Crippen LogP contribution < -0.4 is 15.4 Å². The number of nitrogens with one attached hydrogen (secondary N) is 2. The van der Waals surface area contributed by atoms with Crippen molar-refractivity contribution in [1.82, 2.24) is 20.4 Å². The fourth-order valence-electron chi connectivity index (χ4n) is 2.98. The van der Waals surface area contributed by atoms with Gasteiger partial charge in [0.05, 0.1) is 19.8 Å². The maximum Gasteiger partial charge on any atom is 0.243 e. The molecule has 0 bridgehead atoms. The van der Waals surface area contributed by atoms with Gasteiger partial charge in [0.1, 0.15) is 18.4 Å². The molecule has 1 atom stereocenters. The van der Waals surface area contributed by atoms with Crippen molar-refractivity contribution in [3.63, 3.8) is 0 Å². The number of likely N-dealkylation sites (N-methyl/N-ethyl adjacent to an activating group) is 1. The van der Waals surface area contributed by atoms with E-state index in [-0.39, 0.29) is 42.5 Å². The Morgan fingerprint density at radius 2 is 1.97 bits per heavy atom. The third-order valence-corrected chi connectivity index (χ3v) is 4.90. The molecule has 1 fully saturated rings. The van der Waals surface area contributed by atoms with Gasteiger partial charge < -0.3 is 25.0 Å². The molecular formula is C22H38IN5O3. The van der Waals surface area contributed by atoms with E-state index in [1.165, 1.54) is 0 Å². The number of hydrogen-bond donors (Lipinski definition) is 2. The zero-order valence-corrected chi connectivity index (χ0v) is 21.6. The molecule has 1 unspecified atom stereocenters. The lowest BCUT2D eigenvalue weighted by atomic mass is 10.2. The molecule has 1 amide bonds. The van der Waals surface area contributed by atoms with Crippen molar-refractivity contribution < 1.29 is 14.3 Å². The van der Waals surface area contributed by atoms with Crippen LogP contribution in [0.25, 0.3) is 0 Å². The monoisotopic (exact) mass is 547 g/mol. The lowest BCUT2D eigenvalue weighted by Crippen LogP contribution is -2.44. The number of ether oxygens (including phenoxy) is 2. The second kappa shape index (κ2) is 15.3. The number of guanidine groups is 1. The summed E-state index contributed by atoms with van der Waals surface area (Å²) in [6, 6.07) is 7.97. The number of benzene rings is 1. The van der Waals surface area contributed by atoms with E-state index in [1.807, 2.05) is 38.1 Å². The van der Waals surface area contributed by atoms with Crippen LogP contribution in [0.2, 0.25) is 0 Å². The van der Waals surface area contributed by atoms with E-state index in [1.54, 1.807) is 19.0 Å². The molecule has 0 spiro atoms. The summed E-state index contributed by atoms with van der Waals surface area (Å²) >= 11 is 0. The van der Waals surface area contributed by atoms with Crippen LogP contribution in [-0.2, 0) is 9.53 Å².